The van der Waals surface area contributed by atoms with Crippen molar-refractivity contribution in [3.05, 3.63) is 88.3 Å². The van der Waals surface area contributed by atoms with Crippen LogP contribution in [0.2, 0.25) is 0 Å². The maximum absolute atomic E-state index is 13.3. The summed E-state index contributed by atoms with van der Waals surface area (Å²) in [7, 11) is 0. The highest BCUT2D eigenvalue weighted by Gasteiger charge is 2.27. The van der Waals surface area contributed by atoms with Crippen LogP contribution in [0, 0.1) is 0 Å². The Kier molecular flexibility index (Phi) is 9.42. The number of esters is 1. The van der Waals surface area contributed by atoms with Crippen LogP contribution in [-0.2, 0) is 22.4 Å². The number of carbonyl (C=O) groups is 3. The Balaban J connectivity index is 1.27. The summed E-state index contributed by atoms with van der Waals surface area (Å²) in [4.78, 5) is 41.2. The normalized spacial score (nSPS) is 13.9. The number of thioether (sulfide) groups is 1. The molecule has 3 aromatic carbocycles. The van der Waals surface area contributed by atoms with Crippen LogP contribution in [0.15, 0.2) is 71.6 Å². The first kappa shape index (κ1) is 28.9. The van der Waals surface area contributed by atoms with E-state index in [2.05, 4.69) is 10.6 Å². The molecule has 0 spiro atoms. The SMILES string of the molecule is CCOC(=O)c1c(NC(=O)C(C)Sc2cccc(NC(=O)c3ccc4ccccc4c3)c2)sc2c1CCCCCC2. The standard InChI is InChI=1S/C33H34N2O4S2/c1-3-39-33(38)29-27-15-6-4-5-7-16-28(27)41-32(29)35-30(36)21(2)40-26-14-10-13-25(20-26)34-31(37)24-18-17-22-11-8-9-12-23(22)19-24/h8-14,17-21H,3-7,15-16H2,1-2H3,(H,34,37)(H,35,36). The zero-order valence-corrected chi connectivity index (χ0v) is 25.0. The summed E-state index contributed by atoms with van der Waals surface area (Å²) in [5.74, 6) is -0.736. The van der Waals surface area contributed by atoms with Crippen molar-refractivity contribution in [1.82, 2.24) is 0 Å². The Bertz CT molecular complexity index is 1580. The van der Waals surface area contributed by atoms with E-state index in [9.17, 15) is 14.4 Å². The van der Waals surface area contributed by atoms with E-state index in [0.29, 0.717) is 21.8 Å². The maximum atomic E-state index is 13.3. The Morgan fingerprint density at radius 3 is 2.49 bits per heavy atom. The summed E-state index contributed by atoms with van der Waals surface area (Å²) in [5.41, 5.74) is 2.80. The fourth-order valence-electron chi connectivity index (χ4n) is 5.08. The minimum atomic E-state index is -0.429. The van der Waals surface area contributed by atoms with Gasteiger partial charge in [-0.25, -0.2) is 4.79 Å². The molecule has 1 aliphatic rings. The lowest BCUT2D eigenvalue weighted by molar-refractivity contribution is -0.115. The van der Waals surface area contributed by atoms with Crippen LogP contribution >= 0.6 is 23.1 Å². The summed E-state index contributed by atoms with van der Waals surface area (Å²) in [6, 6.07) is 21.1. The van der Waals surface area contributed by atoms with Crippen molar-refractivity contribution in [2.45, 2.75) is 62.5 Å². The van der Waals surface area contributed by atoms with Gasteiger partial charge in [0, 0.05) is 21.0 Å². The number of benzene rings is 3. The Morgan fingerprint density at radius 1 is 0.902 bits per heavy atom. The quantitative estimate of drug-likeness (QED) is 0.161. The van der Waals surface area contributed by atoms with Crippen molar-refractivity contribution in [1.29, 1.82) is 0 Å². The van der Waals surface area contributed by atoms with Crippen molar-refractivity contribution < 1.29 is 19.1 Å². The van der Waals surface area contributed by atoms with Crippen LogP contribution in [-0.4, -0.2) is 29.6 Å². The number of ether oxygens (including phenoxy) is 1. The largest absolute Gasteiger partial charge is 0.462 e. The third kappa shape index (κ3) is 7.00. The van der Waals surface area contributed by atoms with Gasteiger partial charge in [-0.15, -0.1) is 23.1 Å². The molecule has 2 N–H and O–H groups in total. The first-order valence-corrected chi connectivity index (χ1v) is 15.8. The van der Waals surface area contributed by atoms with E-state index in [4.69, 9.17) is 4.74 Å². The highest BCUT2D eigenvalue weighted by Crippen LogP contribution is 2.38. The second kappa shape index (κ2) is 13.4. The molecule has 0 bridgehead atoms. The van der Waals surface area contributed by atoms with Crippen LogP contribution in [0.25, 0.3) is 10.8 Å². The summed E-state index contributed by atoms with van der Waals surface area (Å²) in [5, 5.41) is 8.26. The minimum Gasteiger partial charge on any atom is -0.462 e. The van der Waals surface area contributed by atoms with E-state index in [1.807, 2.05) is 73.7 Å². The number of hydrogen-bond donors (Lipinski definition) is 2. The lowest BCUT2D eigenvalue weighted by atomic mass is 9.96. The first-order chi connectivity index (χ1) is 19.9. The van der Waals surface area contributed by atoms with Crippen LogP contribution in [0.4, 0.5) is 10.7 Å². The van der Waals surface area contributed by atoms with E-state index in [1.54, 1.807) is 6.92 Å². The van der Waals surface area contributed by atoms with Gasteiger partial charge >= 0.3 is 5.97 Å². The van der Waals surface area contributed by atoms with E-state index in [1.165, 1.54) is 34.4 Å². The lowest BCUT2D eigenvalue weighted by Crippen LogP contribution is -2.23. The van der Waals surface area contributed by atoms with Gasteiger partial charge < -0.3 is 15.4 Å². The number of thiophene rings is 1. The molecule has 0 saturated carbocycles. The molecule has 0 saturated heterocycles. The van der Waals surface area contributed by atoms with E-state index in [-0.39, 0.29) is 24.4 Å². The van der Waals surface area contributed by atoms with E-state index in [0.717, 1.165) is 53.3 Å². The number of rotatable bonds is 8. The molecule has 2 amide bonds. The highest BCUT2D eigenvalue weighted by molar-refractivity contribution is 8.00. The molecular weight excluding hydrogens is 553 g/mol. The number of anilines is 2. The summed E-state index contributed by atoms with van der Waals surface area (Å²) in [6.07, 6.45) is 6.20. The monoisotopic (exact) mass is 586 g/mol. The van der Waals surface area contributed by atoms with Crippen molar-refractivity contribution in [2.75, 3.05) is 17.2 Å². The zero-order valence-electron chi connectivity index (χ0n) is 23.3. The van der Waals surface area contributed by atoms with Gasteiger partial charge in [0.05, 0.1) is 17.4 Å². The molecule has 5 rings (SSSR count). The number of nitrogens with one attached hydrogen (secondary N) is 2. The van der Waals surface area contributed by atoms with Crippen molar-refractivity contribution >= 4 is 62.3 Å². The number of hydrogen-bond acceptors (Lipinski definition) is 6. The smallest absolute Gasteiger partial charge is 0.341 e. The average molecular weight is 587 g/mol. The van der Waals surface area contributed by atoms with Crippen LogP contribution in [0.1, 0.15) is 70.7 Å². The molecule has 1 atom stereocenters. The molecule has 0 aliphatic heterocycles. The van der Waals surface area contributed by atoms with Gasteiger partial charge in [0.1, 0.15) is 5.00 Å². The number of carbonyl (C=O) groups excluding carboxylic acids is 3. The van der Waals surface area contributed by atoms with Gasteiger partial charge in [-0.1, -0.05) is 49.2 Å². The molecule has 1 aliphatic carbocycles. The second-order valence-electron chi connectivity index (χ2n) is 10.1. The molecule has 4 aromatic rings. The van der Waals surface area contributed by atoms with Crippen molar-refractivity contribution in [3.8, 4) is 0 Å². The highest BCUT2D eigenvalue weighted by atomic mass is 32.2. The summed E-state index contributed by atoms with van der Waals surface area (Å²) in [6.45, 7) is 3.92. The molecule has 8 heteroatoms. The molecule has 6 nitrogen and oxygen atoms in total. The number of amides is 2. The Labute approximate surface area is 248 Å². The predicted octanol–water partition coefficient (Wildman–Crippen LogP) is 8.11. The van der Waals surface area contributed by atoms with Gasteiger partial charge in [0.25, 0.3) is 5.91 Å². The first-order valence-electron chi connectivity index (χ1n) is 14.1. The van der Waals surface area contributed by atoms with Gasteiger partial charge in [0.2, 0.25) is 5.91 Å². The zero-order chi connectivity index (χ0) is 28.8. The van der Waals surface area contributed by atoms with Crippen LogP contribution in [0.5, 0.6) is 0 Å². The van der Waals surface area contributed by atoms with Crippen LogP contribution in [0.3, 0.4) is 0 Å². The third-order valence-corrected chi connectivity index (χ3v) is 9.47. The fraction of sp³-hybridized carbons (Fsp3) is 0.303. The maximum Gasteiger partial charge on any atom is 0.341 e. The molecule has 0 fully saturated rings. The molecule has 1 aromatic heterocycles. The minimum absolute atomic E-state index is 0.180. The summed E-state index contributed by atoms with van der Waals surface area (Å²) < 4.78 is 5.38. The van der Waals surface area contributed by atoms with E-state index < -0.39 is 5.25 Å². The molecule has 1 heterocycles. The van der Waals surface area contributed by atoms with Crippen molar-refractivity contribution in [2.24, 2.45) is 0 Å². The van der Waals surface area contributed by atoms with Gasteiger partial charge in [-0.2, -0.15) is 0 Å². The van der Waals surface area contributed by atoms with Gasteiger partial charge in [-0.05, 0) is 86.2 Å². The lowest BCUT2D eigenvalue weighted by Gasteiger charge is -2.14. The van der Waals surface area contributed by atoms with Gasteiger partial charge in [-0.3, -0.25) is 9.59 Å². The van der Waals surface area contributed by atoms with Gasteiger partial charge in [0.15, 0.2) is 0 Å². The molecule has 0 radical (unpaired) electrons. The van der Waals surface area contributed by atoms with Crippen LogP contribution < -0.4 is 10.6 Å². The Morgan fingerprint density at radius 2 is 1.68 bits per heavy atom. The average Bonchev–Trinajstić information content (AvgIpc) is 3.28. The Hall–Kier alpha value is -3.62. The summed E-state index contributed by atoms with van der Waals surface area (Å²) >= 11 is 2.91. The number of aryl methyl sites for hydroxylation is 1. The van der Waals surface area contributed by atoms with E-state index >= 15 is 0 Å². The second-order valence-corrected chi connectivity index (χ2v) is 12.7. The molecule has 1 unspecified atom stereocenters. The predicted molar refractivity (Wildman–Crippen MR) is 168 cm³/mol. The topological polar surface area (TPSA) is 84.5 Å². The molecule has 212 valence electrons. The van der Waals surface area contributed by atoms with Crippen molar-refractivity contribution in [3.63, 3.8) is 0 Å². The third-order valence-electron chi connectivity index (χ3n) is 7.17. The molecule has 41 heavy (non-hydrogen) atoms. The number of fused-ring (bicyclic) bond motifs is 2. The fourth-order valence-corrected chi connectivity index (χ4v) is 7.29. The molecular formula is C33H34N2O4S2.